The molecular weight excluding hydrogens is 376 g/mol. The number of aryl methyl sites for hydroxylation is 1. The summed E-state index contributed by atoms with van der Waals surface area (Å²) in [5, 5.41) is 9.94. The number of benzene rings is 3. The maximum Gasteiger partial charge on any atom is 0.255 e. The number of anilines is 2. The third-order valence-electron chi connectivity index (χ3n) is 4.68. The number of aromatic nitrogens is 2. The van der Waals surface area contributed by atoms with Crippen LogP contribution in [0.3, 0.4) is 0 Å². The van der Waals surface area contributed by atoms with Gasteiger partial charge in [0.05, 0.1) is 5.69 Å². The first-order chi connectivity index (χ1) is 14.6. The summed E-state index contributed by atoms with van der Waals surface area (Å²) in [4.78, 5) is 25.2. The zero-order valence-electron chi connectivity index (χ0n) is 16.4. The van der Waals surface area contributed by atoms with Crippen LogP contribution in [0.4, 0.5) is 11.4 Å². The lowest BCUT2D eigenvalue weighted by atomic mass is 10.1. The number of hydrogen-bond acceptors (Lipinski definition) is 3. The summed E-state index contributed by atoms with van der Waals surface area (Å²) in [5.74, 6) is -0.470. The number of nitrogens with zero attached hydrogens (tertiary/aromatic N) is 2. The Balaban J connectivity index is 1.48. The van der Waals surface area contributed by atoms with Gasteiger partial charge in [0.25, 0.3) is 11.8 Å². The van der Waals surface area contributed by atoms with Crippen molar-refractivity contribution in [1.82, 2.24) is 9.78 Å². The van der Waals surface area contributed by atoms with Crippen LogP contribution in [0.25, 0.3) is 5.69 Å². The van der Waals surface area contributed by atoms with E-state index in [-0.39, 0.29) is 11.8 Å². The summed E-state index contributed by atoms with van der Waals surface area (Å²) >= 11 is 0. The van der Waals surface area contributed by atoms with Gasteiger partial charge in [0.15, 0.2) is 0 Å². The van der Waals surface area contributed by atoms with Crippen molar-refractivity contribution in [3.8, 4) is 5.69 Å². The molecule has 0 aliphatic heterocycles. The predicted octanol–water partition coefficient (Wildman–Crippen LogP) is 4.69. The Morgan fingerprint density at radius 3 is 2.23 bits per heavy atom. The normalized spacial score (nSPS) is 10.4. The highest BCUT2D eigenvalue weighted by molar-refractivity contribution is 6.07. The molecule has 0 aliphatic carbocycles. The largest absolute Gasteiger partial charge is 0.322 e. The second-order valence-electron chi connectivity index (χ2n) is 6.80. The minimum absolute atomic E-state index is 0.217. The van der Waals surface area contributed by atoms with Crippen molar-refractivity contribution < 1.29 is 9.59 Å². The van der Waals surface area contributed by atoms with E-state index in [0.29, 0.717) is 22.5 Å². The minimum atomic E-state index is -0.253. The van der Waals surface area contributed by atoms with E-state index >= 15 is 0 Å². The average molecular weight is 396 g/mol. The maximum atomic E-state index is 12.7. The van der Waals surface area contributed by atoms with Gasteiger partial charge in [-0.3, -0.25) is 9.59 Å². The van der Waals surface area contributed by atoms with Gasteiger partial charge in [0, 0.05) is 34.9 Å². The zero-order chi connectivity index (χ0) is 20.9. The van der Waals surface area contributed by atoms with Crippen LogP contribution in [0.15, 0.2) is 91.3 Å². The molecule has 148 valence electrons. The number of carbonyl (C=O) groups is 2. The first-order valence-corrected chi connectivity index (χ1v) is 9.49. The van der Waals surface area contributed by atoms with Crippen molar-refractivity contribution in [2.24, 2.45) is 0 Å². The van der Waals surface area contributed by atoms with Crippen LogP contribution in [0.1, 0.15) is 26.3 Å². The quantitative estimate of drug-likeness (QED) is 0.514. The van der Waals surface area contributed by atoms with E-state index in [2.05, 4.69) is 15.7 Å². The molecule has 0 bridgehead atoms. The summed E-state index contributed by atoms with van der Waals surface area (Å²) in [5.41, 5.74) is 4.07. The second-order valence-corrected chi connectivity index (χ2v) is 6.80. The number of rotatable bonds is 5. The van der Waals surface area contributed by atoms with Gasteiger partial charge in [-0.25, -0.2) is 4.68 Å². The molecule has 4 aromatic rings. The van der Waals surface area contributed by atoms with Crippen molar-refractivity contribution in [2.75, 3.05) is 10.6 Å². The number of amides is 2. The SMILES string of the molecule is Cc1ccc(C(=O)Nc2ccc(-n3cccn3)cc2)cc1NC(=O)c1ccccc1. The number of carbonyl (C=O) groups excluding carboxylic acids is 2. The van der Waals surface area contributed by atoms with Crippen molar-refractivity contribution in [2.45, 2.75) is 6.92 Å². The summed E-state index contributed by atoms with van der Waals surface area (Å²) in [6, 6.07) is 23.4. The third kappa shape index (κ3) is 4.28. The molecule has 0 unspecified atom stereocenters. The van der Waals surface area contributed by atoms with Crippen LogP contribution < -0.4 is 10.6 Å². The Labute approximate surface area is 174 Å². The smallest absolute Gasteiger partial charge is 0.255 e. The van der Waals surface area contributed by atoms with Crippen molar-refractivity contribution in [3.05, 3.63) is 108 Å². The number of hydrogen-bond donors (Lipinski definition) is 2. The van der Waals surface area contributed by atoms with Crippen LogP contribution in [0, 0.1) is 6.92 Å². The molecule has 6 nitrogen and oxygen atoms in total. The minimum Gasteiger partial charge on any atom is -0.322 e. The highest BCUT2D eigenvalue weighted by Crippen LogP contribution is 2.20. The van der Waals surface area contributed by atoms with Gasteiger partial charge < -0.3 is 10.6 Å². The van der Waals surface area contributed by atoms with Crippen LogP contribution in [-0.2, 0) is 0 Å². The maximum absolute atomic E-state index is 12.7. The fourth-order valence-corrected chi connectivity index (χ4v) is 3.00. The lowest BCUT2D eigenvalue weighted by Gasteiger charge is -2.11. The van der Waals surface area contributed by atoms with Crippen molar-refractivity contribution in [3.63, 3.8) is 0 Å². The summed E-state index contributed by atoms with van der Waals surface area (Å²) in [6.45, 7) is 1.89. The molecule has 2 amide bonds. The molecule has 6 heteroatoms. The molecule has 3 aromatic carbocycles. The molecule has 1 heterocycles. The Bertz CT molecular complexity index is 1170. The fraction of sp³-hybridized carbons (Fsp3) is 0.0417. The van der Waals surface area contributed by atoms with Gasteiger partial charge in [0.2, 0.25) is 0 Å². The van der Waals surface area contributed by atoms with Gasteiger partial charge in [-0.2, -0.15) is 5.10 Å². The topological polar surface area (TPSA) is 76.0 Å². The van der Waals surface area contributed by atoms with E-state index in [4.69, 9.17) is 0 Å². The Hall–Kier alpha value is -4.19. The molecule has 0 radical (unpaired) electrons. The van der Waals surface area contributed by atoms with Crippen molar-refractivity contribution in [1.29, 1.82) is 0 Å². The van der Waals surface area contributed by atoms with Gasteiger partial charge >= 0.3 is 0 Å². The molecule has 0 fully saturated rings. The zero-order valence-corrected chi connectivity index (χ0v) is 16.4. The molecule has 1 aromatic heterocycles. The van der Waals surface area contributed by atoms with Crippen LogP contribution in [0.2, 0.25) is 0 Å². The van der Waals surface area contributed by atoms with Crippen molar-refractivity contribution >= 4 is 23.2 Å². The standard InChI is InChI=1S/C24H20N4O2/c1-17-8-9-19(16-22(17)27-23(29)18-6-3-2-4-7-18)24(30)26-20-10-12-21(13-11-20)28-15-5-14-25-28/h2-16H,1H3,(H,26,30)(H,27,29). The van der Waals surface area contributed by atoms with E-state index < -0.39 is 0 Å². The fourth-order valence-electron chi connectivity index (χ4n) is 3.00. The highest BCUT2D eigenvalue weighted by Gasteiger charge is 2.12. The molecule has 0 atom stereocenters. The van der Waals surface area contributed by atoms with E-state index in [1.54, 1.807) is 35.1 Å². The van der Waals surface area contributed by atoms with Crippen LogP contribution in [-0.4, -0.2) is 21.6 Å². The molecular formula is C24H20N4O2. The summed E-state index contributed by atoms with van der Waals surface area (Å²) in [6.07, 6.45) is 3.56. The lowest BCUT2D eigenvalue weighted by Crippen LogP contribution is -2.15. The number of nitrogens with one attached hydrogen (secondary N) is 2. The van der Waals surface area contributed by atoms with E-state index in [1.165, 1.54) is 0 Å². The van der Waals surface area contributed by atoms with E-state index in [9.17, 15) is 9.59 Å². The van der Waals surface area contributed by atoms with Gasteiger partial charge in [0.1, 0.15) is 0 Å². The molecule has 2 N–H and O–H groups in total. The molecule has 0 aliphatic rings. The Morgan fingerprint density at radius 2 is 1.53 bits per heavy atom. The van der Waals surface area contributed by atoms with Gasteiger partial charge in [-0.15, -0.1) is 0 Å². The first-order valence-electron chi connectivity index (χ1n) is 9.49. The Kier molecular flexibility index (Phi) is 5.39. The molecule has 4 rings (SSSR count). The van der Waals surface area contributed by atoms with Crippen LogP contribution in [0.5, 0.6) is 0 Å². The van der Waals surface area contributed by atoms with E-state index in [1.807, 2.05) is 67.7 Å². The molecule has 0 spiro atoms. The Morgan fingerprint density at radius 1 is 0.800 bits per heavy atom. The van der Waals surface area contributed by atoms with Gasteiger partial charge in [-0.05, 0) is 67.1 Å². The lowest BCUT2D eigenvalue weighted by molar-refractivity contribution is 0.101. The highest BCUT2D eigenvalue weighted by atomic mass is 16.2. The van der Waals surface area contributed by atoms with Gasteiger partial charge in [-0.1, -0.05) is 24.3 Å². The molecule has 0 saturated carbocycles. The van der Waals surface area contributed by atoms with Crippen LogP contribution >= 0.6 is 0 Å². The average Bonchev–Trinajstić information content (AvgIpc) is 3.31. The first kappa shape index (κ1) is 19.1. The van der Waals surface area contributed by atoms with E-state index in [0.717, 1.165) is 11.3 Å². The monoisotopic (exact) mass is 396 g/mol. The summed E-state index contributed by atoms with van der Waals surface area (Å²) < 4.78 is 1.74. The predicted molar refractivity (Wildman–Crippen MR) is 117 cm³/mol. The second kappa shape index (κ2) is 8.45. The molecule has 30 heavy (non-hydrogen) atoms. The molecule has 0 saturated heterocycles. The third-order valence-corrected chi connectivity index (χ3v) is 4.68. The summed E-state index contributed by atoms with van der Waals surface area (Å²) in [7, 11) is 0.